The molecule has 1 aliphatic rings. The normalized spacial score (nSPS) is 30.6. The Kier molecular flexibility index (Phi) is 9.10. The Morgan fingerprint density at radius 1 is 1.19 bits per heavy atom. The van der Waals surface area contributed by atoms with Gasteiger partial charge in [-0.15, -0.1) is 0 Å². The van der Waals surface area contributed by atoms with E-state index in [1.807, 2.05) is 0 Å². The monoisotopic (exact) mass is 451 g/mol. The van der Waals surface area contributed by atoms with Crippen molar-refractivity contribution in [3.05, 3.63) is 11.5 Å². The summed E-state index contributed by atoms with van der Waals surface area (Å²) < 4.78 is 61.2. The third kappa shape index (κ3) is 8.84. The minimum absolute atomic E-state index is 0.0682. The predicted molar refractivity (Wildman–Crippen MR) is 94.6 cm³/mol. The third-order valence-electron chi connectivity index (χ3n) is 3.20. The SMILES string of the molecule is CS(=O)(=O)C=CCCC(=NOS(=O)(=O)O)SC1OC(CO)C(O)C(O)C1O. The Morgan fingerprint density at radius 2 is 1.81 bits per heavy atom. The third-order valence-corrected chi connectivity index (χ3v) is 5.32. The van der Waals surface area contributed by atoms with Crippen LogP contribution < -0.4 is 0 Å². The minimum atomic E-state index is -4.91. The highest BCUT2D eigenvalue weighted by Crippen LogP contribution is 2.30. The highest BCUT2D eigenvalue weighted by Gasteiger charge is 2.44. The van der Waals surface area contributed by atoms with Crippen LogP contribution in [0.25, 0.3) is 0 Å². The molecule has 1 fully saturated rings. The van der Waals surface area contributed by atoms with Gasteiger partial charge in [-0.05, 0) is 6.42 Å². The molecule has 27 heavy (non-hydrogen) atoms. The Hall–Kier alpha value is -0.780. The topological polar surface area (TPSA) is 200 Å². The van der Waals surface area contributed by atoms with Gasteiger partial charge in [-0.1, -0.05) is 23.0 Å². The van der Waals surface area contributed by atoms with E-state index in [-0.39, 0.29) is 17.9 Å². The van der Waals surface area contributed by atoms with Crippen molar-refractivity contribution >= 4 is 37.0 Å². The molecule has 0 aliphatic carbocycles. The maximum atomic E-state index is 11.0. The second kappa shape index (κ2) is 10.1. The number of aliphatic hydroxyl groups is 4. The van der Waals surface area contributed by atoms with E-state index in [0.29, 0.717) is 11.8 Å². The molecule has 0 bridgehead atoms. The summed E-state index contributed by atoms with van der Waals surface area (Å²) in [6.07, 6.45) is -3.78. The van der Waals surface area contributed by atoms with E-state index in [4.69, 9.17) is 14.4 Å². The largest absolute Gasteiger partial charge is 0.466 e. The van der Waals surface area contributed by atoms with Crippen LogP contribution in [-0.4, -0.2) is 89.6 Å². The molecule has 5 atom stereocenters. The lowest BCUT2D eigenvalue weighted by molar-refractivity contribution is -0.205. The molecule has 1 aliphatic heterocycles. The van der Waals surface area contributed by atoms with Crippen LogP contribution in [-0.2, 0) is 29.3 Å². The van der Waals surface area contributed by atoms with Gasteiger partial charge < -0.3 is 25.2 Å². The number of allylic oxidation sites excluding steroid dienone is 1. The van der Waals surface area contributed by atoms with Gasteiger partial charge in [-0.25, -0.2) is 12.7 Å². The van der Waals surface area contributed by atoms with Crippen molar-refractivity contribution in [2.24, 2.45) is 5.16 Å². The van der Waals surface area contributed by atoms with Crippen LogP contribution in [0.3, 0.4) is 0 Å². The number of aliphatic hydroxyl groups excluding tert-OH is 4. The van der Waals surface area contributed by atoms with Gasteiger partial charge in [0.2, 0.25) is 0 Å². The predicted octanol–water partition coefficient (Wildman–Crippen LogP) is -2.01. The zero-order valence-corrected chi connectivity index (χ0v) is 16.5. The first-order valence-electron chi connectivity index (χ1n) is 7.40. The van der Waals surface area contributed by atoms with E-state index in [1.165, 1.54) is 6.08 Å². The van der Waals surface area contributed by atoms with Gasteiger partial charge >= 0.3 is 10.4 Å². The lowest BCUT2D eigenvalue weighted by Gasteiger charge is -2.39. The molecule has 5 unspecified atom stereocenters. The molecule has 0 radical (unpaired) electrons. The van der Waals surface area contributed by atoms with E-state index < -0.39 is 56.7 Å². The summed E-state index contributed by atoms with van der Waals surface area (Å²) in [7, 11) is -8.28. The first kappa shape index (κ1) is 24.3. The van der Waals surface area contributed by atoms with Crippen molar-refractivity contribution in [2.75, 3.05) is 12.9 Å². The van der Waals surface area contributed by atoms with E-state index in [1.54, 1.807) is 0 Å². The molecule has 1 saturated heterocycles. The molecule has 0 aromatic heterocycles. The number of hydrogen-bond donors (Lipinski definition) is 5. The van der Waals surface area contributed by atoms with Crippen LogP contribution in [0.4, 0.5) is 0 Å². The zero-order chi connectivity index (χ0) is 20.8. The van der Waals surface area contributed by atoms with Crippen LogP contribution in [0.5, 0.6) is 0 Å². The average molecular weight is 451 g/mol. The smallest absolute Gasteiger partial charge is 0.394 e. The van der Waals surface area contributed by atoms with Crippen LogP contribution in [0.2, 0.25) is 0 Å². The average Bonchev–Trinajstić information content (AvgIpc) is 2.54. The van der Waals surface area contributed by atoms with Crippen LogP contribution in [0, 0.1) is 0 Å². The number of sulfone groups is 1. The summed E-state index contributed by atoms with van der Waals surface area (Å²) in [6.45, 7) is -0.660. The molecule has 0 spiro atoms. The molecule has 0 aromatic rings. The Labute approximate surface area is 160 Å². The maximum absolute atomic E-state index is 11.0. The molecule has 1 rings (SSSR count). The standard InChI is InChI=1S/C12H21NO11S3/c1-26(18,19)5-3-2-4-8(13-24-27(20,21)22)25-12-11(17)10(16)9(15)7(6-14)23-12/h3,5,7,9-12,14-17H,2,4,6H2,1H3,(H,20,21,22). The number of oxime groups is 1. The molecule has 12 nitrogen and oxygen atoms in total. The molecule has 0 aromatic carbocycles. The van der Waals surface area contributed by atoms with E-state index in [9.17, 15) is 32.2 Å². The van der Waals surface area contributed by atoms with E-state index >= 15 is 0 Å². The lowest BCUT2D eigenvalue weighted by Crippen LogP contribution is -2.57. The fraction of sp³-hybridized carbons (Fsp3) is 0.750. The van der Waals surface area contributed by atoms with Crippen molar-refractivity contribution in [2.45, 2.75) is 42.7 Å². The van der Waals surface area contributed by atoms with E-state index in [0.717, 1.165) is 11.7 Å². The van der Waals surface area contributed by atoms with Gasteiger partial charge in [0.15, 0.2) is 9.84 Å². The molecular weight excluding hydrogens is 430 g/mol. The molecule has 158 valence electrons. The second-order valence-corrected chi connectivity index (χ2v) is 9.65. The Morgan fingerprint density at radius 3 is 2.33 bits per heavy atom. The number of ether oxygens (including phenoxy) is 1. The zero-order valence-electron chi connectivity index (χ0n) is 14.0. The lowest BCUT2D eigenvalue weighted by atomic mass is 10.0. The first-order chi connectivity index (χ1) is 12.3. The van der Waals surface area contributed by atoms with Gasteiger partial charge in [0.05, 0.1) is 6.61 Å². The number of rotatable bonds is 8. The summed E-state index contributed by atoms with van der Waals surface area (Å²) in [6, 6.07) is 0. The summed E-state index contributed by atoms with van der Waals surface area (Å²) in [5, 5.41) is 42.6. The maximum Gasteiger partial charge on any atom is 0.466 e. The highest BCUT2D eigenvalue weighted by atomic mass is 32.3. The van der Waals surface area contributed by atoms with Crippen LogP contribution >= 0.6 is 11.8 Å². The van der Waals surface area contributed by atoms with Crippen molar-refractivity contribution < 1.29 is 50.8 Å². The van der Waals surface area contributed by atoms with Gasteiger partial charge in [0.25, 0.3) is 0 Å². The van der Waals surface area contributed by atoms with E-state index in [2.05, 4.69) is 9.44 Å². The number of nitrogens with zero attached hydrogens (tertiary/aromatic N) is 1. The fourth-order valence-electron chi connectivity index (χ4n) is 1.96. The van der Waals surface area contributed by atoms with Crippen molar-refractivity contribution in [3.8, 4) is 0 Å². The fourth-order valence-corrected chi connectivity index (χ4v) is 3.76. The quantitative estimate of drug-likeness (QED) is 0.118. The molecule has 0 amide bonds. The van der Waals surface area contributed by atoms with Crippen LogP contribution in [0.1, 0.15) is 12.8 Å². The first-order valence-corrected chi connectivity index (χ1v) is 11.6. The van der Waals surface area contributed by atoms with Crippen molar-refractivity contribution in [3.63, 3.8) is 0 Å². The second-order valence-electron chi connectivity index (χ2n) is 5.54. The van der Waals surface area contributed by atoms with Crippen molar-refractivity contribution in [1.29, 1.82) is 0 Å². The molecule has 0 saturated carbocycles. The Bertz CT molecular complexity index is 747. The molecule has 1 heterocycles. The van der Waals surface area contributed by atoms with Gasteiger partial charge in [-0.3, -0.25) is 4.55 Å². The molecule has 15 heteroatoms. The highest BCUT2D eigenvalue weighted by molar-refractivity contribution is 8.14. The van der Waals surface area contributed by atoms with Gasteiger partial charge in [-0.2, -0.15) is 8.42 Å². The van der Waals surface area contributed by atoms with Gasteiger partial charge in [0.1, 0.15) is 34.9 Å². The minimum Gasteiger partial charge on any atom is -0.394 e. The number of thioether (sulfide) groups is 1. The Balaban J connectivity index is 2.90. The molecule has 5 N–H and O–H groups in total. The van der Waals surface area contributed by atoms with Crippen LogP contribution in [0.15, 0.2) is 16.6 Å². The molecular formula is C12H21NO11S3. The summed E-state index contributed by atoms with van der Waals surface area (Å²) in [5.74, 6) is 0. The summed E-state index contributed by atoms with van der Waals surface area (Å²) >= 11 is 0.609. The summed E-state index contributed by atoms with van der Waals surface area (Å²) in [4.78, 5) is 0. The summed E-state index contributed by atoms with van der Waals surface area (Å²) in [5.41, 5.74) is -1.26. The van der Waals surface area contributed by atoms with Crippen molar-refractivity contribution in [1.82, 2.24) is 0 Å². The number of hydrogen-bond acceptors (Lipinski definition) is 12. The van der Waals surface area contributed by atoms with Gasteiger partial charge in [0, 0.05) is 18.1 Å².